The third-order valence-corrected chi connectivity index (χ3v) is 3.97. The topological polar surface area (TPSA) is 58.6 Å². The average molecular weight is 347 g/mol. The summed E-state index contributed by atoms with van der Waals surface area (Å²) in [6.07, 6.45) is -0.582. The molecule has 4 heteroatoms. The fraction of sp³-hybridized carbons (Fsp3) is 0.136. The van der Waals surface area contributed by atoms with Gasteiger partial charge >= 0.3 is 0 Å². The predicted octanol–water partition coefficient (Wildman–Crippen LogP) is 4.57. The number of hydrogen-bond acceptors (Lipinski definition) is 3. The molecule has 26 heavy (non-hydrogen) atoms. The zero-order valence-corrected chi connectivity index (χ0v) is 14.6. The predicted molar refractivity (Wildman–Crippen MR) is 102 cm³/mol. The van der Waals surface area contributed by atoms with Crippen molar-refractivity contribution >= 4 is 11.6 Å². The molecule has 0 fully saturated rings. The number of rotatable bonds is 6. The maximum absolute atomic E-state index is 12.5. The monoisotopic (exact) mass is 347 g/mol. The molecule has 1 amide bonds. The molecule has 0 bridgehead atoms. The fourth-order valence-electron chi connectivity index (χ4n) is 2.55. The Hall–Kier alpha value is -3.11. The number of hydrogen-bond donors (Lipinski definition) is 2. The van der Waals surface area contributed by atoms with Crippen molar-refractivity contribution in [1.82, 2.24) is 0 Å². The van der Waals surface area contributed by atoms with Crippen LogP contribution < -0.4 is 10.1 Å². The molecule has 4 nitrogen and oxygen atoms in total. The first-order valence-electron chi connectivity index (χ1n) is 8.48. The second-order valence-electron chi connectivity index (χ2n) is 6.06. The minimum absolute atomic E-state index is 0.224. The summed E-state index contributed by atoms with van der Waals surface area (Å²) in [6, 6.07) is 24.1. The van der Waals surface area contributed by atoms with Crippen LogP contribution >= 0.6 is 0 Å². The van der Waals surface area contributed by atoms with Crippen molar-refractivity contribution in [2.45, 2.75) is 19.6 Å². The van der Waals surface area contributed by atoms with Crippen molar-refractivity contribution < 1.29 is 14.6 Å². The molecule has 1 atom stereocenters. The number of aliphatic hydroxyl groups is 1. The van der Waals surface area contributed by atoms with Crippen molar-refractivity contribution in [3.63, 3.8) is 0 Å². The Bertz CT molecular complexity index is 875. The number of nitrogens with one attached hydrogen (secondary N) is 1. The highest BCUT2D eigenvalue weighted by Crippen LogP contribution is 2.19. The lowest BCUT2D eigenvalue weighted by Crippen LogP contribution is -2.12. The van der Waals surface area contributed by atoms with E-state index in [4.69, 9.17) is 4.74 Å². The molecule has 0 unspecified atom stereocenters. The van der Waals surface area contributed by atoms with Crippen LogP contribution in [0.15, 0.2) is 78.9 Å². The third-order valence-electron chi connectivity index (χ3n) is 3.97. The molecule has 0 spiro atoms. The number of benzene rings is 3. The van der Waals surface area contributed by atoms with Gasteiger partial charge in [-0.15, -0.1) is 0 Å². The Balaban J connectivity index is 1.67. The van der Waals surface area contributed by atoms with Gasteiger partial charge < -0.3 is 15.2 Å². The van der Waals surface area contributed by atoms with Gasteiger partial charge in [-0.05, 0) is 48.4 Å². The lowest BCUT2D eigenvalue weighted by atomic mass is 10.1. The largest absolute Gasteiger partial charge is 0.489 e. The normalized spacial score (nSPS) is 11.6. The molecular weight excluding hydrogens is 326 g/mol. The van der Waals surface area contributed by atoms with Crippen molar-refractivity contribution in [3.05, 3.63) is 95.6 Å². The molecule has 3 rings (SSSR count). The van der Waals surface area contributed by atoms with Gasteiger partial charge in [-0.2, -0.15) is 0 Å². The van der Waals surface area contributed by atoms with Crippen LogP contribution in [0.2, 0.25) is 0 Å². The van der Waals surface area contributed by atoms with E-state index in [0.717, 1.165) is 11.1 Å². The van der Waals surface area contributed by atoms with E-state index in [2.05, 4.69) is 5.32 Å². The summed E-state index contributed by atoms with van der Waals surface area (Å²) in [5.41, 5.74) is 2.97. The van der Waals surface area contributed by atoms with Crippen LogP contribution in [0.3, 0.4) is 0 Å². The Morgan fingerprint density at radius 3 is 2.54 bits per heavy atom. The van der Waals surface area contributed by atoms with Crippen molar-refractivity contribution in [2.24, 2.45) is 0 Å². The number of carbonyl (C=O) groups excluding carboxylic acids is 1. The van der Waals surface area contributed by atoms with Gasteiger partial charge in [0.1, 0.15) is 12.4 Å². The third kappa shape index (κ3) is 4.71. The summed E-state index contributed by atoms with van der Waals surface area (Å²) in [5.74, 6) is 0.414. The molecule has 0 aromatic heterocycles. The molecule has 0 heterocycles. The van der Waals surface area contributed by atoms with Crippen molar-refractivity contribution in [3.8, 4) is 5.75 Å². The number of aliphatic hydroxyl groups excluding tert-OH is 1. The van der Waals surface area contributed by atoms with Crippen LogP contribution in [-0.2, 0) is 6.61 Å². The van der Waals surface area contributed by atoms with E-state index in [0.29, 0.717) is 23.6 Å². The SMILES string of the molecule is C[C@@H](O)c1cccc(NC(=O)c2cccc(OCc3ccccc3)c2)c1. The number of amides is 1. The lowest BCUT2D eigenvalue weighted by Gasteiger charge is -2.10. The number of carbonyl (C=O) groups is 1. The molecule has 0 saturated carbocycles. The van der Waals surface area contributed by atoms with E-state index in [9.17, 15) is 9.90 Å². The summed E-state index contributed by atoms with van der Waals surface area (Å²) >= 11 is 0. The average Bonchev–Trinajstić information content (AvgIpc) is 2.67. The van der Waals surface area contributed by atoms with Gasteiger partial charge in [0.15, 0.2) is 0 Å². The molecule has 0 radical (unpaired) electrons. The summed E-state index contributed by atoms with van der Waals surface area (Å²) in [6.45, 7) is 2.14. The first-order chi connectivity index (χ1) is 12.6. The van der Waals surface area contributed by atoms with Crippen LogP contribution in [0.4, 0.5) is 5.69 Å². The van der Waals surface area contributed by atoms with Crippen LogP contribution in [0.1, 0.15) is 34.5 Å². The molecular formula is C22H21NO3. The highest BCUT2D eigenvalue weighted by atomic mass is 16.5. The molecule has 0 saturated heterocycles. The van der Waals surface area contributed by atoms with Gasteiger partial charge in [-0.1, -0.05) is 48.5 Å². The Kier molecular flexibility index (Phi) is 5.66. The Morgan fingerprint density at radius 1 is 1.00 bits per heavy atom. The molecule has 3 aromatic rings. The van der Waals surface area contributed by atoms with Gasteiger partial charge in [-0.3, -0.25) is 4.79 Å². The summed E-state index contributed by atoms with van der Waals surface area (Å²) < 4.78 is 5.77. The Labute approximate surface area is 153 Å². The number of ether oxygens (including phenoxy) is 1. The van der Waals surface area contributed by atoms with Gasteiger partial charge in [0.2, 0.25) is 0 Å². The second-order valence-corrected chi connectivity index (χ2v) is 6.06. The molecule has 0 aliphatic heterocycles. The zero-order chi connectivity index (χ0) is 18.4. The summed E-state index contributed by atoms with van der Waals surface area (Å²) in [7, 11) is 0. The van der Waals surface area contributed by atoms with E-state index in [-0.39, 0.29) is 5.91 Å². The first kappa shape index (κ1) is 17.7. The fourth-order valence-corrected chi connectivity index (χ4v) is 2.55. The van der Waals surface area contributed by atoms with E-state index in [1.807, 2.05) is 42.5 Å². The van der Waals surface area contributed by atoms with E-state index < -0.39 is 6.10 Å². The smallest absolute Gasteiger partial charge is 0.255 e. The molecule has 3 aromatic carbocycles. The second kappa shape index (κ2) is 8.32. The van der Waals surface area contributed by atoms with Crippen molar-refractivity contribution in [2.75, 3.05) is 5.32 Å². The maximum Gasteiger partial charge on any atom is 0.255 e. The molecule has 132 valence electrons. The lowest BCUT2D eigenvalue weighted by molar-refractivity contribution is 0.102. The zero-order valence-electron chi connectivity index (χ0n) is 14.6. The highest BCUT2D eigenvalue weighted by Gasteiger charge is 2.09. The number of anilines is 1. The first-order valence-corrected chi connectivity index (χ1v) is 8.48. The van der Waals surface area contributed by atoms with Crippen LogP contribution in [0.5, 0.6) is 5.75 Å². The van der Waals surface area contributed by atoms with Crippen LogP contribution in [0, 0.1) is 0 Å². The minimum Gasteiger partial charge on any atom is -0.489 e. The van der Waals surface area contributed by atoms with E-state index in [1.54, 1.807) is 43.3 Å². The summed E-state index contributed by atoms with van der Waals surface area (Å²) in [5, 5.41) is 12.5. The molecule has 0 aliphatic carbocycles. The van der Waals surface area contributed by atoms with Crippen LogP contribution in [0.25, 0.3) is 0 Å². The van der Waals surface area contributed by atoms with Gasteiger partial charge in [-0.25, -0.2) is 0 Å². The maximum atomic E-state index is 12.5. The van der Waals surface area contributed by atoms with Gasteiger partial charge in [0.05, 0.1) is 6.10 Å². The highest BCUT2D eigenvalue weighted by molar-refractivity contribution is 6.04. The van der Waals surface area contributed by atoms with Crippen molar-refractivity contribution in [1.29, 1.82) is 0 Å². The quantitative estimate of drug-likeness (QED) is 0.687. The Morgan fingerprint density at radius 2 is 1.77 bits per heavy atom. The van der Waals surface area contributed by atoms with Crippen LogP contribution in [-0.4, -0.2) is 11.0 Å². The van der Waals surface area contributed by atoms with Gasteiger partial charge in [0.25, 0.3) is 5.91 Å². The molecule has 0 aliphatic rings. The van der Waals surface area contributed by atoms with E-state index >= 15 is 0 Å². The van der Waals surface area contributed by atoms with E-state index in [1.165, 1.54) is 0 Å². The van der Waals surface area contributed by atoms with Gasteiger partial charge in [0, 0.05) is 11.3 Å². The molecule has 2 N–H and O–H groups in total. The minimum atomic E-state index is -0.582. The summed E-state index contributed by atoms with van der Waals surface area (Å²) in [4.78, 5) is 12.5. The standard InChI is InChI=1S/C22H21NO3/c1-16(24)18-9-5-11-20(13-18)23-22(25)19-10-6-12-21(14-19)26-15-17-7-3-2-4-8-17/h2-14,16,24H,15H2,1H3,(H,23,25)/t16-/m1/s1.